The highest BCUT2D eigenvalue weighted by Gasteiger charge is 2.12. The highest BCUT2D eigenvalue weighted by atomic mass is 16.7. The van der Waals surface area contributed by atoms with Gasteiger partial charge in [0.25, 0.3) is 5.91 Å². The first-order valence-corrected chi connectivity index (χ1v) is 5.65. The van der Waals surface area contributed by atoms with Crippen LogP contribution in [0.15, 0.2) is 0 Å². The van der Waals surface area contributed by atoms with Crippen molar-refractivity contribution in [2.45, 2.75) is 6.42 Å². The lowest BCUT2D eigenvalue weighted by Crippen LogP contribution is -2.39. The van der Waals surface area contributed by atoms with Crippen molar-refractivity contribution in [3.8, 4) is 0 Å². The minimum absolute atomic E-state index is 0.0991. The quantitative estimate of drug-likeness (QED) is 0.452. The first kappa shape index (κ1) is 13.4. The van der Waals surface area contributed by atoms with E-state index >= 15 is 0 Å². The third-order valence-corrected chi connectivity index (χ3v) is 2.38. The van der Waals surface area contributed by atoms with Gasteiger partial charge < -0.3 is 10.1 Å². The summed E-state index contributed by atoms with van der Waals surface area (Å²) in [5.74, 6) is -0.0991. The summed E-state index contributed by atoms with van der Waals surface area (Å²) < 4.78 is 4.80. The Balaban J connectivity index is 2.07. The Labute approximate surface area is 96.2 Å². The van der Waals surface area contributed by atoms with E-state index in [1.807, 2.05) is 0 Å². The smallest absolute Gasteiger partial charge is 0.257 e. The number of hydroxylamine groups is 1. The molecule has 1 aliphatic rings. The first-order chi connectivity index (χ1) is 7.83. The molecule has 1 rings (SSSR count). The SMILES string of the molecule is COCCONC(=O)CN1CCCNCC1. The summed E-state index contributed by atoms with van der Waals surface area (Å²) in [4.78, 5) is 18.5. The summed E-state index contributed by atoms with van der Waals surface area (Å²) in [6, 6.07) is 0. The maximum atomic E-state index is 11.4. The molecule has 0 bridgehead atoms. The topological polar surface area (TPSA) is 62.8 Å². The predicted molar refractivity (Wildman–Crippen MR) is 59.9 cm³/mol. The summed E-state index contributed by atoms with van der Waals surface area (Å²) in [6.07, 6.45) is 1.08. The Bertz CT molecular complexity index is 194. The lowest BCUT2D eigenvalue weighted by atomic mass is 10.4. The molecule has 6 nitrogen and oxygen atoms in total. The van der Waals surface area contributed by atoms with Gasteiger partial charge in [0.1, 0.15) is 0 Å². The Kier molecular flexibility index (Phi) is 7.07. The summed E-state index contributed by atoms with van der Waals surface area (Å²) in [7, 11) is 1.59. The van der Waals surface area contributed by atoms with Gasteiger partial charge in [-0.05, 0) is 19.5 Å². The van der Waals surface area contributed by atoms with Crippen LogP contribution in [0.3, 0.4) is 0 Å². The number of ether oxygens (including phenoxy) is 1. The van der Waals surface area contributed by atoms with Gasteiger partial charge in [0, 0.05) is 20.2 Å². The number of methoxy groups -OCH3 is 1. The number of hydrogen-bond donors (Lipinski definition) is 2. The van der Waals surface area contributed by atoms with Crippen molar-refractivity contribution in [2.24, 2.45) is 0 Å². The molecular formula is C10H21N3O3. The van der Waals surface area contributed by atoms with Gasteiger partial charge in [-0.15, -0.1) is 0 Å². The van der Waals surface area contributed by atoms with Crippen LogP contribution in [0.5, 0.6) is 0 Å². The maximum absolute atomic E-state index is 11.4. The van der Waals surface area contributed by atoms with E-state index in [4.69, 9.17) is 9.57 Å². The highest BCUT2D eigenvalue weighted by molar-refractivity contribution is 5.76. The van der Waals surface area contributed by atoms with Crippen LogP contribution in [-0.2, 0) is 14.4 Å². The second-order valence-electron chi connectivity index (χ2n) is 3.75. The molecular weight excluding hydrogens is 210 g/mol. The van der Waals surface area contributed by atoms with E-state index in [0.29, 0.717) is 19.8 Å². The van der Waals surface area contributed by atoms with Crippen molar-refractivity contribution in [2.75, 3.05) is 53.0 Å². The van der Waals surface area contributed by atoms with Crippen LogP contribution < -0.4 is 10.8 Å². The normalized spacial score (nSPS) is 18.1. The van der Waals surface area contributed by atoms with E-state index in [0.717, 1.165) is 32.6 Å². The molecule has 2 N–H and O–H groups in total. The highest BCUT2D eigenvalue weighted by Crippen LogP contribution is 1.94. The summed E-state index contributed by atoms with van der Waals surface area (Å²) in [5, 5.41) is 3.29. The van der Waals surface area contributed by atoms with Crippen LogP contribution in [0, 0.1) is 0 Å². The average molecular weight is 231 g/mol. The van der Waals surface area contributed by atoms with Gasteiger partial charge in [0.15, 0.2) is 0 Å². The molecule has 0 aromatic carbocycles. The minimum Gasteiger partial charge on any atom is -0.382 e. The van der Waals surface area contributed by atoms with Crippen molar-refractivity contribution in [1.82, 2.24) is 15.7 Å². The molecule has 1 heterocycles. The number of hydrogen-bond acceptors (Lipinski definition) is 5. The van der Waals surface area contributed by atoms with Crippen LogP contribution >= 0.6 is 0 Å². The van der Waals surface area contributed by atoms with Gasteiger partial charge in [0.05, 0.1) is 19.8 Å². The Hall–Kier alpha value is -0.690. The fourth-order valence-electron chi connectivity index (χ4n) is 1.55. The zero-order valence-corrected chi connectivity index (χ0v) is 9.83. The third kappa shape index (κ3) is 6.02. The zero-order valence-electron chi connectivity index (χ0n) is 9.83. The zero-order chi connectivity index (χ0) is 11.6. The fourth-order valence-corrected chi connectivity index (χ4v) is 1.55. The molecule has 0 spiro atoms. The van der Waals surface area contributed by atoms with Crippen LogP contribution in [0.2, 0.25) is 0 Å². The molecule has 94 valence electrons. The van der Waals surface area contributed by atoms with Crippen molar-refractivity contribution < 1.29 is 14.4 Å². The van der Waals surface area contributed by atoms with Gasteiger partial charge >= 0.3 is 0 Å². The van der Waals surface area contributed by atoms with Gasteiger partial charge in [-0.1, -0.05) is 0 Å². The second kappa shape index (κ2) is 8.46. The van der Waals surface area contributed by atoms with Gasteiger partial charge in [-0.3, -0.25) is 14.5 Å². The van der Waals surface area contributed by atoms with Gasteiger partial charge in [-0.2, -0.15) is 0 Å². The number of amides is 1. The number of nitrogens with zero attached hydrogens (tertiary/aromatic N) is 1. The van der Waals surface area contributed by atoms with Crippen molar-refractivity contribution in [3.05, 3.63) is 0 Å². The molecule has 0 radical (unpaired) electrons. The maximum Gasteiger partial charge on any atom is 0.257 e. The van der Waals surface area contributed by atoms with E-state index in [9.17, 15) is 4.79 Å². The Morgan fingerprint density at radius 1 is 1.38 bits per heavy atom. The van der Waals surface area contributed by atoms with Crippen molar-refractivity contribution in [3.63, 3.8) is 0 Å². The van der Waals surface area contributed by atoms with Gasteiger partial charge in [-0.25, -0.2) is 5.48 Å². The van der Waals surface area contributed by atoms with Crippen LogP contribution in [0.4, 0.5) is 0 Å². The summed E-state index contributed by atoms with van der Waals surface area (Å²) >= 11 is 0. The van der Waals surface area contributed by atoms with Gasteiger partial charge in [0.2, 0.25) is 0 Å². The van der Waals surface area contributed by atoms with E-state index < -0.39 is 0 Å². The third-order valence-electron chi connectivity index (χ3n) is 2.38. The molecule has 0 aliphatic carbocycles. The van der Waals surface area contributed by atoms with Crippen LogP contribution in [-0.4, -0.2) is 63.9 Å². The Morgan fingerprint density at radius 2 is 2.25 bits per heavy atom. The molecule has 6 heteroatoms. The number of nitrogens with one attached hydrogen (secondary N) is 2. The predicted octanol–water partition coefficient (Wildman–Crippen LogP) is -1.02. The second-order valence-corrected chi connectivity index (χ2v) is 3.75. The molecule has 1 fully saturated rings. The van der Waals surface area contributed by atoms with E-state index in [1.54, 1.807) is 7.11 Å². The molecule has 0 saturated carbocycles. The number of rotatable bonds is 6. The molecule has 16 heavy (non-hydrogen) atoms. The molecule has 1 aliphatic heterocycles. The summed E-state index contributed by atoms with van der Waals surface area (Å²) in [6.45, 7) is 5.09. The monoisotopic (exact) mass is 231 g/mol. The van der Waals surface area contributed by atoms with E-state index in [1.165, 1.54) is 0 Å². The number of carbonyl (C=O) groups excluding carboxylic acids is 1. The standard InChI is InChI=1S/C10H21N3O3/c1-15-7-8-16-12-10(14)9-13-5-2-3-11-4-6-13/h11H,2-9H2,1H3,(H,12,14). The van der Waals surface area contributed by atoms with Crippen molar-refractivity contribution in [1.29, 1.82) is 0 Å². The summed E-state index contributed by atoms with van der Waals surface area (Å²) in [5.41, 5.74) is 2.40. The molecule has 0 aromatic heterocycles. The molecule has 1 amide bonds. The van der Waals surface area contributed by atoms with Crippen LogP contribution in [0.25, 0.3) is 0 Å². The number of carbonyl (C=O) groups is 1. The molecule has 1 saturated heterocycles. The van der Waals surface area contributed by atoms with Crippen LogP contribution in [0.1, 0.15) is 6.42 Å². The Morgan fingerprint density at radius 3 is 3.06 bits per heavy atom. The van der Waals surface area contributed by atoms with E-state index in [2.05, 4.69) is 15.7 Å². The largest absolute Gasteiger partial charge is 0.382 e. The molecule has 0 atom stereocenters. The average Bonchev–Trinajstić information content (AvgIpc) is 2.53. The fraction of sp³-hybridized carbons (Fsp3) is 0.900. The lowest BCUT2D eigenvalue weighted by Gasteiger charge is -2.18. The molecule has 0 aromatic rings. The minimum atomic E-state index is -0.0991. The molecule has 0 unspecified atom stereocenters. The lowest BCUT2D eigenvalue weighted by molar-refractivity contribution is -0.135. The van der Waals surface area contributed by atoms with Crippen molar-refractivity contribution >= 4 is 5.91 Å². The van der Waals surface area contributed by atoms with E-state index in [-0.39, 0.29) is 5.91 Å². The first-order valence-electron chi connectivity index (χ1n) is 5.65.